The number of rotatable bonds is 6. The van der Waals surface area contributed by atoms with Crippen LogP contribution in [0.1, 0.15) is 21.5 Å². The minimum atomic E-state index is -0.289. The number of nitrogen functional groups attached to an aromatic ring is 1. The van der Waals surface area contributed by atoms with Crippen molar-refractivity contribution in [2.45, 2.75) is 13.1 Å². The Labute approximate surface area is 193 Å². The molecule has 0 saturated carbocycles. The highest BCUT2D eigenvalue weighted by molar-refractivity contribution is 5.93. The fourth-order valence-electron chi connectivity index (χ4n) is 4.51. The second-order valence-electron chi connectivity index (χ2n) is 8.43. The molecule has 2 aromatic heterocycles. The van der Waals surface area contributed by atoms with E-state index in [0.29, 0.717) is 12.1 Å². The molecule has 1 aliphatic rings. The molecule has 0 atom stereocenters. The Morgan fingerprint density at radius 1 is 0.879 bits per heavy atom. The van der Waals surface area contributed by atoms with Gasteiger partial charge in [0.05, 0.1) is 0 Å². The van der Waals surface area contributed by atoms with Gasteiger partial charge >= 0.3 is 0 Å². The van der Waals surface area contributed by atoms with Gasteiger partial charge in [-0.2, -0.15) is 0 Å². The fraction of sp³-hybridized carbons (Fsp3) is 0.231. The minimum Gasteiger partial charge on any atom is -0.368 e. The molecule has 3 N–H and O–H groups in total. The summed E-state index contributed by atoms with van der Waals surface area (Å²) in [6.07, 6.45) is 3.99. The van der Waals surface area contributed by atoms with E-state index in [2.05, 4.69) is 73.4 Å². The lowest BCUT2D eigenvalue weighted by Crippen LogP contribution is -2.46. The average molecular weight is 441 g/mol. The molecule has 33 heavy (non-hydrogen) atoms. The molecule has 0 unspecified atom stereocenters. The number of hydrogen-bond donors (Lipinski definition) is 2. The number of nitrogens with zero attached hydrogens (tertiary/aromatic N) is 4. The van der Waals surface area contributed by atoms with Crippen molar-refractivity contribution in [1.82, 2.24) is 19.9 Å². The third-order valence-corrected chi connectivity index (χ3v) is 6.30. The van der Waals surface area contributed by atoms with Crippen LogP contribution >= 0.6 is 0 Å². The molecule has 4 aromatic rings. The van der Waals surface area contributed by atoms with Crippen molar-refractivity contribution in [3.05, 3.63) is 95.8 Å². The number of carbonyl (C=O) groups excluding carboxylic acids is 1. The summed E-state index contributed by atoms with van der Waals surface area (Å²) in [5.74, 6) is 4.92. The van der Waals surface area contributed by atoms with Gasteiger partial charge in [0, 0.05) is 68.3 Å². The molecule has 2 aromatic carbocycles. The van der Waals surface area contributed by atoms with E-state index in [9.17, 15) is 4.79 Å². The van der Waals surface area contributed by atoms with Crippen LogP contribution in [0.3, 0.4) is 0 Å². The lowest BCUT2D eigenvalue weighted by atomic mass is 10.1. The number of pyridine rings is 1. The number of hydrogen-bond acceptors (Lipinski definition) is 5. The standard InChI is InChI=1S/C26H28N6O/c27-29-26(33)22-8-6-21(7-9-22)19-32-13-11-23-24(10-12-28-25(23)32)31-16-14-30(15-17-31)18-20-4-2-1-3-5-20/h1-13H,14-19,27H2,(H,29,33). The van der Waals surface area contributed by atoms with Crippen LogP contribution in [-0.4, -0.2) is 46.5 Å². The van der Waals surface area contributed by atoms with Crippen molar-refractivity contribution in [1.29, 1.82) is 0 Å². The Morgan fingerprint density at radius 3 is 2.33 bits per heavy atom. The molecule has 7 nitrogen and oxygen atoms in total. The number of benzene rings is 2. The highest BCUT2D eigenvalue weighted by Gasteiger charge is 2.20. The number of aromatic nitrogens is 2. The number of amides is 1. The van der Waals surface area contributed by atoms with Crippen molar-refractivity contribution in [3.8, 4) is 0 Å². The van der Waals surface area contributed by atoms with E-state index in [1.807, 2.05) is 18.3 Å². The normalized spacial score (nSPS) is 14.5. The summed E-state index contributed by atoms with van der Waals surface area (Å²) < 4.78 is 2.16. The Morgan fingerprint density at radius 2 is 1.61 bits per heavy atom. The molecular formula is C26H28N6O. The van der Waals surface area contributed by atoms with E-state index >= 15 is 0 Å². The van der Waals surface area contributed by atoms with Crippen LogP contribution in [0.15, 0.2) is 79.1 Å². The van der Waals surface area contributed by atoms with Crippen LogP contribution in [0.5, 0.6) is 0 Å². The highest BCUT2D eigenvalue weighted by atomic mass is 16.2. The molecular weight excluding hydrogens is 412 g/mol. The fourth-order valence-corrected chi connectivity index (χ4v) is 4.51. The largest absolute Gasteiger partial charge is 0.368 e. The molecule has 0 spiro atoms. The summed E-state index contributed by atoms with van der Waals surface area (Å²) in [5, 5.41) is 1.17. The summed E-state index contributed by atoms with van der Waals surface area (Å²) in [6, 6.07) is 22.4. The van der Waals surface area contributed by atoms with Gasteiger partial charge in [0.25, 0.3) is 5.91 Å². The Kier molecular flexibility index (Phi) is 6.06. The summed E-state index contributed by atoms with van der Waals surface area (Å²) in [6.45, 7) is 5.78. The zero-order chi connectivity index (χ0) is 22.6. The summed E-state index contributed by atoms with van der Waals surface area (Å²) in [7, 11) is 0. The van der Waals surface area contributed by atoms with Crippen molar-refractivity contribution < 1.29 is 4.79 Å². The second kappa shape index (κ2) is 9.44. The van der Waals surface area contributed by atoms with Gasteiger partial charge in [0.2, 0.25) is 0 Å². The first kappa shape index (κ1) is 21.2. The van der Waals surface area contributed by atoms with Gasteiger partial charge in [-0.1, -0.05) is 42.5 Å². The smallest absolute Gasteiger partial charge is 0.265 e. The minimum absolute atomic E-state index is 0.289. The van der Waals surface area contributed by atoms with Crippen LogP contribution in [0, 0.1) is 0 Å². The predicted octanol–water partition coefficient (Wildman–Crippen LogP) is 3.01. The third kappa shape index (κ3) is 4.60. The Hall–Kier alpha value is -3.68. The number of hydrazine groups is 1. The highest BCUT2D eigenvalue weighted by Crippen LogP contribution is 2.28. The van der Waals surface area contributed by atoms with E-state index in [1.165, 1.54) is 16.6 Å². The number of piperazine rings is 1. The molecule has 1 fully saturated rings. The van der Waals surface area contributed by atoms with Crippen LogP contribution in [-0.2, 0) is 13.1 Å². The first-order valence-corrected chi connectivity index (χ1v) is 11.3. The number of fused-ring (bicyclic) bond motifs is 1. The molecule has 5 rings (SSSR count). The van der Waals surface area contributed by atoms with Gasteiger partial charge in [-0.15, -0.1) is 0 Å². The number of anilines is 1. The van der Waals surface area contributed by atoms with E-state index in [-0.39, 0.29) is 5.91 Å². The van der Waals surface area contributed by atoms with Crippen LogP contribution < -0.4 is 16.2 Å². The monoisotopic (exact) mass is 440 g/mol. The van der Waals surface area contributed by atoms with Crippen LogP contribution in [0.4, 0.5) is 5.69 Å². The Balaban J connectivity index is 1.28. The molecule has 168 valence electrons. The quantitative estimate of drug-likeness (QED) is 0.274. The molecule has 1 saturated heterocycles. The van der Waals surface area contributed by atoms with Gasteiger partial charge in [0.15, 0.2) is 0 Å². The van der Waals surface area contributed by atoms with E-state index in [4.69, 9.17) is 5.84 Å². The predicted molar refractivity (Wildman–Crippen MR) is 131 cm³/mol. The molecule has 0 aliphatic carbocycles. The van der Waals surface area contributed by atoms with Crippen molar-refractivity contribution in [2.75, 3.05) is 31.1 Å². The number of nitrogens with one attached hydrogen (secondary N) is 1. The van der Waals surface area contributed by atoms with E-state index in [1.54, 1.807) is 12.1 Å². The lowest BCUT2D eigenvalue weighted by Gasteiger charge is -2.36. The van der Waals surface area contributed by atoms with E-state index in [0.717, 1.165) is 43.9 Å². The van der Waals surface area contributed by atoms with Crippen LogP contribution in [0.25, 0.3) is 11.0 Å². The molecule has 1 aliphatic heterocycles. The maximum absolute atomic E-state index is 11.7. The van der Waals surface area contributed by atoms with Gasteiger partial charge in [-0.05, 0) is 35.4 Å². The topological polar surface area (TPSA) is 79.4 Å². The first-order chi connectivity index (χ1) is 16.2. The lowest BCUT2D eigenvalue weighted by molar-refractivity contribution is 0.0953. The molecule has 0 radical (unpaired) electrons. The zero-order valence-electron chi connectivity index (χ0n) is 18.5. The molecule has 0 bridgehead atoms. The van der Waals surface area contributed by atoms with Gasteiger partial charge in [-0.25, -0.2) is 10.8 Å². The van der Waals surface area contributed by atoms with Gasteiger partial charge < -0.3 is 9.47 Å². The number of nitrogens with two attached hydrogens (primary N) is 1. The van der Waals surface area contributed by atoms with Gasteiger partial charge in [0.1, 0.15) is 5.65 Å². The van der Waals surface area contributed by atoms with E-state index < -0.39 is 0 Å². The third-order valence-electron chi connectivity index (χ3n) is 6.30. The first-order valence-electron chi connectivity index (χ1n) is 11.3. The maximum Gasteiger partial charge on any atom is 0.265 e. The molecule has 3 heterocycles. The van der Waals surface area contributed by atoms with Crippen molar-refractivity contribution in [3.63, 3.8) is 0 Å². The molecule has 1 amide bonds. The molecule has 7 heteroatoms. The van der Waals surface area contributed by atoms with Crippen LogP contribution in [0.2, 0.25) is 0 Å². The summed E-state index contributed by atoms with van der Waals surface area (Å²) in [4.78, 5) is 21.3. The summed E-state index contributed by atoms with van der Waals surface area (Å²) in [5.41, 5.74) is 7.39. The maximum atomic E-state index is 11.7. The van der Waals surface area contributed by atoms with Crippen molar-refractivity contribution >= 4 is 22.6 Å². The average Bonchev–Trinajstić information content (AvgIpc) is 3.28. The van der Waals surface area contributed by atoms with Crippen molar-refractivity contribution in [2.24, 2.45) is 5.84 Å². The second-order valence-corrected chi connectivity index (χ2v) is 8.43. The number of carbonyl (C=O) groups is 1. The SMILES string of the molecule is NNC(=O)c1ccc(Cn2ccc3c(N4CCN(Cc5ccccc5)CC4)ccnc32)cc1. The zero-order valence-corrected chi connectivity index (χ0v) is 18.5. The van der Waals surface area contributed by atoms with Gasteiger partial charge in [-0.3, -0.25) is 15.1 Å². The summed E-state index contributed by atoms with van der Waals surface area (Å²) >= 11 is 0. The Bertz CT molecular complexity index is 1230.